The number of hydrogen-bond acceptors (Lipinski definition) is 3. The van der Waals surface area contributed by atoms with E-state index in [0.29, 0.717) is 12.0 Å². The smallest absolute Gasteiger partial charge is 0.0681 e. The zero-order chi connectivity index (χ0) is 15.7. The number of hydrogen-bond donors (Lipinski definition) is 1. The Balaban J connectivity index is 2.32. The molecular weight excluding hydrogens is 260 g/mol. The third-order valence-electron chi connectivity index (χ3n) is 4.42. The summed E-state index contributed by atoms with van der Waals surface area (Å²) in [6.45, 7) is 14.2. The van der Waals surface area contributed by atoms with E-state index in [9.17, 15) is 0 Å². The molecule has 1 N–H and O–H groups in total. The maximum Gasteiger partial charge on any atom is 0.0681 e. The van der Waals surface area contributed by atoms with Crippen molar-refractivity contribution in [1.82, 2.24) is 10.3 Å². The van der Waals surface area contributed by atoms with Crippen molar-refractivity contribution in [3.63, 3.8) is 0 Å². The third-order valence-corrected chi connectivity index (χ3v) is 4.42. The molecule has 2 heterocycles. The molecule has 3 heteroatoms. The molecule has 0 spiro atoms. The van der Waals surface area contributed by atoms with Gasteiger partial charge in [-0.3, -0.25) is 4.98 Å². The van der Waals surface area contributed by atoms with Crippen LogP contribution in [0, 0.1) is 12.8 Å². The topological polar surface area (TPSA) is 34.2 Å². The highest BCUT2D eigenvalue weighted by molar-refractivity contribution is 5.22. The quantitative estimate of drug-likeness (QED) is 0.889. The number of pyridine rings is 1. The van der Waals surface area contributed by atoms with Crippen LogP contribution in [0.4, 0.5) is 0 Å². The second-order valence-corrected chi connectivity index (χ2v) is 7.50. The Hall–Kier alpha value is -0.930. The van der Waals surface area contributed by atoms with Gasteiger partial charge in [-0.15, -0.1) is 0 Å². The summed E-state index contributed by atoms with van der Waals surface area (Å²) in [6.07, 6.45) is 6.12. The zero-order valence-electron chi connectivity index (χ0n) is 14.4. The first-order valence-corrected chi connectivity index (χ1v) is 8.10. The molecular formula is C18H30N2O. The highest BCUT2D eigenvalue weighted by Crippen LogP contribution is 2.47. The molecule has 1 aromatic rings. The first-order chi connectivity index (χ1) is 9.75. The van der Waals surface area contributed by atoms with Gasteiger partial charge in [0.1, 0.15) is 0 Å². The first kappa shape index (κ1) is 16.4. The minimum Gasteiger partial charge on any atom is -0.369 e. The molecule has 0 aliphatic carbocycles. The summed E-state index contributed by atoms with van der Waals surface area (Å²) in [5.41, 5.74) is 2.31. The molecule has 0 bridgehead atoms. The second kappa shape index (κ2) is 6.05. The van der Waals surface area contributed by atoms with E-state index in [-0.39, 0.29) is 11.2 Å². The van der Waals surface area contributed by atoms with Crippen LogP contribution in [0.25, 0.3) is 0 Å². The fourth-order valence-electron chi connectivity index (χ4n) is 3.66. The Morgan fingerprint density at radius 2 is 2.05 bits per heavy atom. The van der Waals surface area contributed by atoms with Crippen molar-refractivity contribution >= 4 is 0 Å². The van der Waals surface area contributed by atoms with Crippen LogP contribution in [0.1, 0.15) is 64.6 Å². The van der Waals surface area contributed by atoms with Gasteiger partial charge >= 0.3 is 0 Å². The van der Waals surface area contributed by atoms with Gasteiger partial charge in [0, 0.05) is 24.4 Å². The highest BCUT2D eigenvalue weighted by Gasteiger charge is 2.49. The summed E-state index contributed by atoms with van der Waals surface area (Å²) in [6, 6.07) is 2.55. The molecule has 1 fully saturated rings. The van der Waals surface area contributed by atoms with Gasteiger partial charge in [0.05, 0.1) is 11.2 Å². The van der Waals surface area contributed by atoms with Gasteiger partial charge in [-0.25, -0.2) is 0 Å². The van der Waals surface area contributed by atoms with E-state index in [1.54, 1.807) is 0 Å². The summed E-state index contributed by atoms with van der Waals surface area (Å²) in [5, 5.41) is 3.73. The molecule has 0 amide bonds. The summed E-state index contributed by atoms with van der Waals surface area (Å²) in [5.74, 6) is 0.447. The molecule has 2 atom stereocenters. The monoisotopic (exact) mass is 290 g/mol. The fourth-order valence-corrected chi connectivity index (χ4v) is 3.66. The van der Waals surface area contributed by atoms with Crippen molar-refractivity contribution in [1.29, 1.82) is 0 Å². The van der Waals surface area contributed by atoms with Gasteiger partial charge in [-0.05, 0) is 65.1 Å². The van der Waals surface area contributed by atoms with Gasteiger partial charge < -0.3 is 10.1 Å². The Morgan fingerprint density at radius 3 is 2.57 bits per heavy atom. The highest BCUT2D eigenvalue weighted by atomic mass is 16.5. The molecule has 21 heavy (non-hydrogen) atoms. The summed E-state index contributed by atoms with van der Waals surface area (Å²) in [4.78, 5) is 4.39. The van der Waals surface area contributed by atoms with E-state index in [0.717, 1.165) is 19.4 Å². The predicted molar refractivity (Wildman–Crippen MR) is 87.4 cm³/mol. The molecule has 1 aliphatic heterocycles. The van der Waals surface area contributed by atoms with E-state index in [4.69, 9.17) is 4.74 Å². The molecule has 0 aromatic carbocycles. The fraction of sp³-hybridized carbons (Fsp3) is 0.722. The van der Waals surface area contributed by atoms with Gasteiger partial charge in [0.2, 0.25) is 0 Å². The van der Waals surface area contributed by atoms with Crippen LogP contribution >= 0.6 is 0 Å². The molecule has 1 saturated heterocycles. The maximum absolute atomic E-state index is 6.30. The SMILES string of the molecule is CCCNC(c1cncc(C)c1)C1CC(C)(C)OC1(C)C. The Kier molecular flexibility index (Phi) is 4.74. The van der Waals surface area contributed by atoms with Crippen molar-refractivity contribution in [2.75, 3.05) is 6.54 Å². The second-order valence-electron chi connectivity index (χ2n) is 7.50. The van der Waals surface area contributed by atoms with Gasteiger partial charge in [-0.2, -0.15) is 0 Å². The molecule has 2 rings (SSSR count). The van der Waals surface area contributed by atoms with Gasteiger partial charge in [-0.1, -0.05) is 13.0 Å². The van der Waals surface area contributed by atoms with Crippen molar-refractivity contribution in [2.24, 2.45) is 5.92 Å². The standard InChI is InChI=1S/C18H30N2O/c1-7-8-20-16(14-9-13(2)11-19-12-14)15-10-17(3,4)21-18(15,5)6/h9,11-12,15-16,20H,7-8,10H2,1-6H3. The molecule has 0 radical (unpaired) electrons. The lowest BCUT2D eigenvalue weighted by Crippen LogP contribution is -2.38. The lowest BCUT2D eigenvalue weighted by Gasteiger charge is -2.34. The van der Waals surface area contributed by atoms with Crippen molar-refractivity contribution in [3.8, 4) is 0 Å². The number of rotatable bonds is 5. The minimum atomic E-state index is -0.126. The van der Waals surface area contributed by atoms with Crippen molar-refractivity contribution in [2.45, 2.75) is 71.6 Å². The third kappa shape index (κ3) is 3.83. The number of ether oxygens (including phenoxy) is 1. The summed E-state index contributed by atoms with van der Waals surface area (Å²) >= 11 is 0. The summed E-state index contributed by atoms with van der Waals surface area (Å²) < 4.78 is 6.30. The molecule has 2 unspecified atom stereocenters. The van der Waals surface area contributed by atoms with Crippen LogP contribution in [-0.4, -0.2) is 22.7 Å². The van der Waals surface area contributed by atoms with Crippen LogP contribution in [0.2, 0.25) is 0 Å². The van der Waals surface area contributed by atoms with Crippen molar-refractivity contribution in [3.05, 3.63) is 29.6 Å². The minimum absolute atomic E-state index is 0.0580. The van der Waals surface area contributed by atoms with Gasteiger partial charge in [0.25, 0.3) is 0 Å². The predicted octanol–water partition coefficient (Wildman–Crippen LogP) is 4.02. The maximum atomic E-state index is 6.30. The van der Waals surface area contributed by atoms with E-state index in [2.05, 4.69) is 57.9 Å². The lowest BCUT2D eigenvalue weighted by atomic mass is 9.79. The van der Waals surface area contributed by atoms with Crippen molar-refractivity contribution < 1.29 is 4.74 Å². The molecule has 118 valence electrons. The molecule has 3 nitrogen and oxygen atoms in total. The van der Waals surface area contributed by atoms with E-state index in [1.807, 2.05) is 12.4 Å². The Morgan fingerprint density at radius 1 is 1.33 bits per heavy atom. The number of aromatic nitrogens is 1. The van der Waals surface area contributed by atoms with Crippen LogP contribution in [-0.2, 0) is 4.74 Å². The van der Waals surface area contributed by atoms with Crippen LogP contribution < -0.4 is 5.32 Å². The van der Waals surface area contributed by atoms with E-state index in [1.165, 1.54) is 11.1 Å². The normalized spacial score (nSPS) is 25.0. The number of aryl methyl sites for hydroxylation is 1. The molecule has 0 saturated carbocycles. The first-order valence-electron chi connectivity index (χ1n) is 8.10. The average molecular weight is 290 g/mol. The molecule has 1 aliphatic rings. The van der Waals surface area contributed by atoms with Crippen LogP contribution in [0.5, 0.6) is 0 Å². The Labute approximate surface area is 129 Å². The lowest BCUT2D eigenvalue weighted by molar-refractivity contribution is -0.0778. The largest absolute Gasteiger partial charge is 0.369 e. The summed E-state index contributed by atoms with van der Waals surface area (Å²) in [7, 11) is 0. The molecule has 1 aromatic heterocycles. The van der Waals surface area contributed by atoms with E-state index < -0.39 is 0 Å². The zero-order valence-corrected chi connectivity index (χ0v) is 14.4. The Bertz CT molecular complexity index is 482. The van der Waals surface area contributed by atoms with Crippen LogP contribution in [0.3, 0.4) is 0 Å². The number of nitrogens with one attached hydrogen (secondary N) is 1. The average Bonchev–Trinajstić information content (AvgIpc) is 2.58. The van der Waals surface area contributed by atoms with Crippen LogP contribution in [0.15, 0.2) is 18.5 Å². The number of nitrogens with zero attached hydrogens (tertiary/aromatic N) is 1. The van der Waals surface area contributed by atoms with E-state index >= 15 is 0 Å². The van der Waals surface area contributed by atoms with Gasteiger partial charge in [0.15, 0.2) is 0 Å².